The van der Waals surface area contributed by atoms with E-state index in [1.54, 1.807) is 42.5 Å². The summed E-state index contributed by atoms with van der Waals surface area (Å²) in [6.07, 6.45) is 2.80. The molecule has 198 valence electrons. The largest absolute Gasteiger partial charge is 0.455 e. The third-order valence-corrected chi connectivity index (χ3v) is 6.03. The molecule has 7 nitrogen and oxygen atoms in total. The molecule has 39 heavy (non-hydrogen) atoms. The number of amides is 2. The van der Waals surface area contributed by atoms with Crippen molar-refractivity contribution in [3.8, 4) is 11.3 Å². The maximum absolute atomic E-state index is 13.6. The van der Waals surface area contributed by atoms with Gasteiger partial charge in [0.05, 0.1) is 11.2 Å². The van der Waals surface area contributed by atoms with Gasteiger partial charge in [0.1, 0.15) is 23.0 Å². The molecular weight excluding hydrogens is 542 g/mol. The summed E-state index contributed by atoms with van der Waals surface area (Å²) in [6, 6.07) is 20.9. The number of furan rings is 1. The van der Waals surface area contributed by atoms with Gasteiger partial charge >= 0.3 is 0 Å². The molecule has 4 rings (SSSR count). The highest BCUT2D eigenvalue weighted by atomic mass is 35.5. The maximum atomic E-state index is 13.6. The summed E-state index contributed by atoms with van der Waals surface area (Å²) in [5.74, 6) is -1.07. The molecule has 0 spiro atoms. The summed E-state index contributed by atoms with van der Waals surface area (Å²) >= 11 is 12.2. The van der Waals surface area contributed by atoms with E-state index in [0.29, 0.717) is 32.7 Å². The van der Waals surface area contributed by atoms with Crippen LogP contribution < -0.4 is 15.6 Å². The summed E-state index contributed by atoms with van der Waals surface area (Å²) in [7, 11) is 3.82. The predicted octanol–water partition coefficient (Wildman–Crippen LogP) is 6.38. The lowest BCUT2D eigenvalue weighted by Gasteiger charge is -2.12. The number of benzene rings is 3. The molecule has 0 unspecified atom stereocenters. The summed E-state index contributed by atoms with van der Waals surface area (Å²) in [6.45, 7) is 0. The summed E-state index contributed by atoms with van der Waals surface area (Å²) in [5, 5.41) is 7.42. The quantitative estimate of drug-likeness (QED) is 0.148. The van der Waals surface area contributed by atoms with Crippen LogP contribution in [0.1, 0.15) is 21.7 Å². The van der Waals surface area contributed by atoms with Gasteiger partial charge in [-0.25, -0.2) is 9.82 Å². The summed E-state index contributed by atoms with van der Waals surface area (Å²) in [5.41, 5.74) is 4.62. The second kappa shape index (κ2) is 12.4. The van der Waals surface area contributed by atoms with Crippen LogP contribution in [0.25, 0.3) is 17.4 Å². The normalized spacial score (nSPS) is 11.5. The van der Waals surface area contributed by atoms with Crippen molar-refractivity contribution in [2.75, 3.05) is 19.0 Å². The van der Waals surface area contributed by atoms with Gasteiger partial charge in [-0.05, 0) is 72.3 Å². The number of nitrogens with zero attached hydrogens (tertiary/aromatic N) is 2. The van der Waals surface area contributed by atoms with Gasteiger partial charge in [0.15, 0.2) is 0 Å². The Morgan fingerprint density at radius 3 is 2.44 bits per heavy atom. The number of carbonyl (C=O) groups excluding carboxylic acids is 2. The molecule has 1 heterocycles. The van der Waals surface area contributed by atoms with Crippen LogP contribution in [0.15, 0.2) is 94.1 Å². The first-order valence-corrected chi connectivity index (χ1v) is 12.4. The maximum Gasteiger partial charge on any atom is 0.287 e. The van der Waals surface area contributed by atoms with Gasteiger partial charge < -0.3 is 14.6 Å². The van der Waals surface area contributed by atoms with Gasteiger partial charge in [0.2, 0.25) is 0 Å². The smallest absolute Gasteiger partial charge is 0.287 e. The molecule has 0 bridgehead atoms. The Bertz CT molecular complexity index is 1560. The number of anilines is 1. The standard InChI is InChI=1S/C29H23Cl2FN4O3/c1-36(2)22-9-6-18(7-10-22)14-26(34-28(37)19-4-3-5-21(32)15-19)29(38)35-33-17-23-11-13-27(39-23)24-12-8-20(30)16-25(24)31/h3-17H,1-2H3,(H,34,37)(H,35,38)/b26-14-,33-17-. The Morgan fingerprint density at radius 1 is 0.974 bits per heavy atom. The van der Waals surface area contributed by atoms with Crippen molar-refractivity contribution >= 4 is 53.0 Å². The highest BCUT2D eigenvalue weighted by Gasteiger charge is 2.15. The van der Waals surface area contributed by atoms with Crippen LogP contribution in [0.3, 0.4) is 0 Å². The van der Waals surface area contributed by atoms with Gasteiger partial charge in [-0.1, -0.05) is 41.4 Å². The monoisotopic (exact) mass is 564 g/mol. The van der Waals surface area contributed by atoms with Crippen molar-refractivity contribution in [2.45, 2.75) is 0 Å². The number of carbonyl (C=O) groups is 2. The zero-order valence-electron chi connectivity index (χ0n) is 20.9. The minimum absolute atomic E-state index is 0.0594. The van der Waals surface area contributed by atoms with E-state index in [1.807, 2.05) is 31.1 Å². The average molecular weight is 565 g/mol. The van der Waals surface area contributed by atoms with Gasteiger partial charge in [0, 0.05) is 35.9 Å². The van der Waals surface area contributed by atoms with Crippen molar-refractivity contribution in [1.29, 1.82) is 0 Å². The first-order chi connectivity index (χ1) is 18.7. The molecular formula is C29H23Cl2FN4O3. The van der Waals surface area contributed by atoms with E-state index < -0.39 is 17.6 Å². The van der Waals surface area contributed by atoms with Crippen LogP contribution in [-0.4, -0.2) is 32.1 Å². The molecule has 2 N–H and O–H groups in total. The minimum atomic E-state index is -0.694. The van der Waals surface area contributed by atoms with Crippen molar-refractivity contribution in [1.82, 2.24) is 10.7 Å². The number of halogens is 3. The van der Waals surface area contributed by atoms with Crippen LogP contribution >= 0.6 is 23.2 Å². The molecule has 10 heteroatoms. The summed E-state index contributed by atoms with van der Waals surface area (Å²) in [4.78, 5) is 27.7. The molecule has 0 aliphatic rings. The summed E-state index contributed by atoms with van der Waals surface area (Å²) < 4.78 is 19.4. The van der Waals surface area contributed by atoms with Crippen molar-refractivity contribution in [2.24, 2.45) is 5.10 Å². The van der Waals surface area contributed by atoms with Gasteiger partial charge in [-0.2, -0.15) is 5.10 Å². The third kappa shape index (κ3) is 7.34. The molecule has 0 radical (unpaired) electrons. The highest BCUT2D eigenvalue weighted by Crippen LogP contribution is 2.31. The molecule has 0 aliphatic carbocycles. The van der Waals surface area contributed by atoms with E-state index >= 15 is 0 Å². The fourth-order valence-electron chi connectivity index (χ4n) is 3.49. The average Bonchev–Trinajstić information content (AvgIpc) is 3.37. The Kier molecular flexibility index (Phi) is 8.81. The van der Waals surface area contributed by atoms with E-state index in [0.717, 1.165) is 11.8 Å². The van der Waals surface area contributed by atoms with E-state index in [2.05, 4.69) is 15.8 Å². The number of rotatable bonds is 8. The zero-order valence-corrected chi connectivity index (χ0v) is 22.4. The van der Waals surface area contributed by atoms with Crippen molar-refractivity contribution < 1.29 is 18.4 Å². The molecule has 2 amide bonds. The molecule has 0 fully saturated rings. The van der Waals surface area contributed by atoms with E-state index in [-0.39, 0.29) is 11.3 Å². The molecule has 3 aromatic carbocycles. The Hall–Kier alpha value is -4.40. The fraction of sp³-hybridized carbons (Fsp3) is 0.0690. The van der Waals surface area contributed by atoms with Crippen LogP contribution in [-0.2, 0) is 4.79 Å². The lowest BCUT2D eigenvalue weighted by atomic mass is 10.1. The molecule has 1 aromatic heterocycles. The number of nitrogens with one attached hydrogen (secondary N) is 2. The Balaban J connectivity index is 1.52. The Labute approximate surface area is 234 Å². The third-order valence-electron chi connectivity index (χ3n) is 5.48. The molecule has 4 aromatic rings. The van der Waals surface area contributed by atoms with Crippen LogP contribution in [0.5, 0.6) is 0 Å². The zero-order chi connectivity index (χ0) is 27.9. The predicted molar refractivity (Wildman–Crippen MR) is 153 cm³/mol. The topological polar surface area (TPSA) is 86.9 Å². The SMILES string of the molecule is CN(C)c1ccc(/C=C(\NC(=O)c2cccc(F)c2)C(=O)N/N=C\c2ccc(-c3ccc(Cl)cc3Cl)o2)cc1. The minimum Gasteiger partial charge on any atom is -0.455 e. The second-order valence-electron chi connectivity index (χ2n) is 8.53. The first-order valence-electron chi connectivity index (χ1n) is 11.6. The highest BCUT2D eigenvalue weighted by molar-refractivity contribution is 6.36. The van der Waals surface area contributed by atoms with E-state index in [9.17, 15) is 14.0 Å². The first kappa shape index (κ1) is 27.6. The van der Waals surface area contributed by atoms with Crippen molar-refractivity contribution in [3.05, 3.63) is 117 Å². The number of hydrogen-bond acceptors (Lipinski definition) is 5. The molecule has 0 atom stereocenters. The van der Waals surface area contributed by atoms with Crippen LogP contribution in [0, 0.1) is 5.82 Å². The van der Waals surface area contributed by atoms with Crippen molar-refractivity contribution in [3.63, 3.8) is 0 Å². The lowest BCUT2D eigenvalue weighted by Crippen LogP contribution is -2.32. The number of hydrazone groups is 1. The Morgan fingerprint density at radius 2 is 1.74 bits per heavy atom. The van der Waals surface area contributed by atoms with Crippen LogP contribution in [0.2, 0.25) is 10.0 Å². The molecule has 0 aliphatic heterocycles. The second-order valence-corrected chi connectivity index (χ2v) is 9.38. The molecule has 0 saturated carbocycles. The van der Waals surface area contributed by atoms with E-state index in [1.165, 1.54) is 30.5 Å². The van der Waals surface area contributed by atoms with Crippen LogP contribution in [0.4, 0.5) is 10.1 Å². The van der Waals surface area contributed by atoms with E-state index in [4.69, 9.17) is 27.6 Å². The fourth-order valence-corrected chi connectivity index (χ4v) is 3.99. The van der Waals surface area contributed by atoms with Gasteiger partial charge in [-0.3, -0.25) is 9.59 Å². The van der Waals surface area contributed by atoms with Gasteiger partial charge in [-0.15, -0.1) is 0 Å². The number of hydrogen-bond donors (Lipinski definition) is 2. The van der Waals surface area contributed by atoms with Gasteiger partial charge in [0.25, 0.3) is 11.8 Å². The lowest BCUT2D eigenvalue weighted by molar-refractivity contribution is -0.117. The molecule has 0 saturated heterocycles.